The number of amides is 4. The van der Waals surface area contributed by atoms with Crippen LogP contribution in [0.4, 0.5) is 0 Å². The zero-order valence-electron chi connectivity index (χ0n) is 17.8. The van der Waals surface area contributed by atoms with Crippen LogP contribution in [0.1, 0.15) is 47.0 Å². The highest BCUT2D eigenvalue weighted by molar-refractivity contribution is 6.23. The fourth-order valence-corrected chi connectivity index (χ4v) is 4.19. The molecular formula is C26H18N2O6. The predicted octanol–water partition coefficient (Wildman–Crippen LogP) is 2.69. The molecule has 0 spiro atoms. The third-order valence-corrected chi connectivity index (χ3v) is 5.90. The number of hydrogen-bond donors (Lipinski definition) is 0. The summed E-state index contributed by atoms with van der Waals surface area (Å²) in [5, 5.41) is 0. The van der Waals surface area contributed by atoms with Gasteiger partial charge in [0.1, 0.15) is 6.04 Å². The number of carbonyl (C=O) groups is 5. The fourth-order valence-electron chi connectivity index (χ4n) is 4.19. The topological polar surface area (TPSA) is 101 Å². The first-order valence-corrected chi connectivity index (χ1v) is 10.6. The van der Waals surface area contributed by atoms with E-state index < -0.39 is 42.4 Å². The molecule has 0 aliphatic carbocycles. The summed E-state index contributed by atoms with van der Waals surface area (Å²) >= 11 is 0. The molecule has 168 valence electrons. The smallest absolute Gasteiger partial charge is 0.331 e. The number of nitrogens with zero attached hydrogens (tertiary/aromatic N) is 2. The summed E-state index contributed by atoms with van der Waals surface area (Å²) < 4.78 is 5.34. The number of esters is 1. The number of imide groups is 2. The van der Waals surface area contributed by atoms with Gasteiger partial charge < -0.3 is 4.74 Å². The quantitative estimate of drug-likeness (QED) is 0.419. The predicted molar refractivity (Wildman–Crippen MR) is 119 cm³/mol. The van der Waals surface area contributed by atoms with Gasteiger partial charge in [0.15, 0.2) is 6.73 Å². The highest BCUT2D eigenvalue weighted by Crippen LogP contribution is 2.27. The number of hydrogen-bond acceptors (Lipinski definition) is 6. The fraction of sp³-hybridized carbons (Fsp3) is 0.115. The molecular weight excluding hydrogens is 436 g/mol. The van der Waals surface area contributed by atoms with E-state index in [4.69, 9.17) is 4.74 Å². The molecule has 0 saturated carbocycles. The van der Waals surface area contributed by atoms with Gasteiger partial charge in [0, 0.05) is 6.42 Å². The molecule has 0 N–H and O–H groups in total. The van der Waals surface area contributed by atoms with Gasteiger partial charge in [-0.05, 0) is 29.8 Å². The third kappa shape index (κ3) is 3.45. The van der Waals surface area contributed by atoms with Gasteiger partial charge in [0.2, 0.25) is 0 Å². The van der Waals surface area contributed by atoms with Crippen molar-refractivity contribution in [1.29, 1.82) is 0 Å². The van der Waals surface area contributed by atoms with Crippen molar-refractivity contribution in [3.8, 4) is 0 Å². The molecule has 8 heteroatoms. The minimum atomic E-state index is -1.27. The SMILES string of the molecule is O=C(OCN1C(=O)c2ccccc2C1=O)C(Cc1ccccc1)N1C(=O)c2ccccc2C1=O. The first-order valence-electron chi connectivity index (χ1n) is 10.6. The molecule has 1 unspecified atom stereocenters. The van der Waals surface area contributed by atoms with E-state index in [1.807, 2.05) is 0 Å². The lowest BCUT2D eigenvalue weighted by Gasteiger charge is -2.25. The summed E-state index contributed by atoms with van der Waals surface area (Å²) in [5.74, 6) is -3.24. The van der Waals surface area contributed by atoms with Crippen molar-refractivity contribution in [3.63, 3.8) is 0 Å². The summed E-state index contributed by atoms with van der Waals surface area (Å²) in [6.07, 6.45) is 0.0211. The van der Waals surface area contributed by atoms with Crippen LogP contribution in [0.15, 0.2) is 78.9 Å². The molecule has 3 aromatic carbocycles. The Hall–Kier alpha value is -4.59. The first-order chi connectivity index (χ1) is 16.5. The van der Waals surface area contributed by atoms with E-state index in [0.717, 1.165) is 9.80 Å². The molecule has 2 aliphatic heterocycles. The normalized spacial score (nSPS) is 15.4. The summed E-state index contributed by atoms with van der Waals surface area (Å²) in [5.41, 5.74) is 1.58. The lowest BCUT2D eigenvalue weighted by Crippen LogP contribution is -2.48. The Kier molecular flexibility index (Phi) is 5.25. The second-order valence-corrected chi connectivity index (χ2v) is 7.91. The third-order valence-electron chi connectivity index (χ3n) is 5.90. The van der Waals surface area contributed by atoms with E-state index in [1.165, 1.54) is 24.3 Å². The van der Waals surface area contributed by atoms with Crippen LogP contribution < -0.4 is 0 Å². The molecule has 5 rings (SSSR count). The van der Waals surface area contributed by atoms with E-state index in [2.05, 4.69) is 0 Å². The Morgan fingerprint density at radius 3 is 1.59 bits per heavy atom. The number of benzene rings is 3. The molecule has 8 nitrogen and oxygen atoms in total. The Bertz CT molecular complexity index is 1280. The van der Waals surface area contributed by atoms with Crippen LogP contribution in [0.5, 0.6) is 0 Å². The molecule has 34 heavy (non-hydrogen) atoms. The maximum atomic E-state index is 13.2. The molecule has 2 heterocycles. The lowest BCUT2D eigenvalue weighted by molar-refractivity contribution is -0.151. The molecule has 0 saturated heterocycles. The number of rotatable bonds is 6. The summed E-state index contributed by atoms with van der Waals surface area (Å²) in [6, 6.07) is 20.3. The van der Waals surface area contributed by atoms with E-state index in [1.54, 1.807) is 54.6 Å². The van der Waals surface area contributed by atoms with Gasteiger partial charge in [-0.2, -0.15) is 0 Å². The second-order valence-electron chi connectivity index (χ2n) is 7.91. The van der Waals surface area contributed by atoms with Gasteiger partial charge in [-0.15, -0.1) is 0 Å². The second kappa shape index (κ2) is 8.40. The van der Waals surface area contributed by atoms with Crippen molar-refractivity contribution >= 4 is 29.6 Å². The molecule has 0 aromatic heterocycles. The van der Waals surface area contributed by atoms with Crippen LogP contribution in [0, 0.1) is 0 Å². The largest absolute Gasteiger partial charge is 0.442 e. The average molecular weight is 454 g/mol. The zero-order valence-corrected chi connectivity index (χ0v) is 17.8. The van der Waals surface area contributed by atoms with E-state index in [9.17, 15) is 24.0 Å². The van der Waals surface area contributed by atoms with Crippen LogP contribution >= 0.6 is 0 Å². The van der Waals surface area contributed by atoms with Crippen molar-refractivity contribution < 1.29 is 28.7 Å². The average Bonchev–Trinajstić information content (AvgIpc) is 3.26. The highest BCUT2D eigenvalue weighted by Gasteiger charge is 2.44. The summed E-state index contributed by atoms with van der Waals surface area (Å²) in [6.45, 7) is -0.625. The zero-order chi connectivity index (χ0) is 23.8. The molecule has 0 radical (unpaired) electrons. The van der Waals surface area contributed by atoms with Crippen molar-refractivity contribution in [1.82, 2.24) is 9.80 Å². The summed E-state index contributed by atoms with van der Waals surface area (Å²) in [4.78, 5) is 66.2. The van der Waals surface area contributed by atoms with Crippen LogP contribution in [0.25, 0.3) is 0 Å². The van der Waals surface area contributed by atoms with Gasteiger partial charge in [-0.3, -0.25) is 24.1 Å². The van der Waals surface area contributed by atoms with Crippen LogP contribution in [-0.2, 0) is 16.0 Å². The minimum absolute atomic E-state index is 0.0211. The van der Waals surface area contributed by atoms with Gasteiger partial charge >= 0.3 is 5.97 Å². The molecule has 0 bridgehead atoms. The Morgan fingerprint density at radius 2 is 1.09 bits per heavy atom. The van der Waals surface area contributed by atoms with Crippen molar-refractivity contribution in [3.05, 3.63) is 107 Å². The molecule has 2 aliphatic rings. The van der Waals surface area contributed by atoms with E-state index in [0.29, 0.717) is 5.56 Å². The first kappa shape index (κ1) is 21.3. The number of fused-ring (bicyclic) bond motifs is 2. The minimum Gasteiger partial charge on any atom is -0.442 e. The monoisotopic (exact) mass is 454 g/mol. The standard InChI is InChI=1S/C26H18N2O6/c29-22-17-10-4-5-11-18(17)23(30)27(22)15-34-26(33)21(14-16-8-2-1-3-9-16)28-24(31)19-12-6-7-13-20(19)25(28)32/h1-13,21H,14-15H2. The highest BCUT2D eigenvalue weighted by atomic mass is 16.5. The molecule has 0 fully saturated rings. The van der Waals surface area contributed by atoms with Gasteiger partial charge in [0.05, 0.1) is 22.3 Å². The number of ether oxygens (including phenoxy) is 1. The van der Waals surface area contributed by atoms with Crippen molar-refractivity contribution in [2.45, 2.75) is 12.5 Å². The van der Waals surface area contributed by atoms with Crippen LogP contribution in [0.2, 0.25) is 0 Å². The van der Waals surface area contributed by atoms with Crippen molar-refractivity contribution in [2.24, 2.45) is 0 Å². The maximum absolute atomic E-state index is 13.2. The molecule has 1 atom stereocenters. The Morgan fingerprint density at radius 1 is 0.647 bits per heavy atom. The summed E-state index contributed by atoms with van der Waals surface area (Å²) in [7, 11) is 0. The van der Waals surface area contributed by atoms with Crippen LogP contribution in [0.3, 0.4) is 0 Å². The van der Waals surface area contributed by atoms with E-state index >= 15 is 0 Å². The van der Waals surface area contributed by atoms with E-state index in [-0.39, 0.29) is 28.7 Å². The van der Waals surface area contributed by atoms with Gasteiger partial charge in [-0.25, -0.2) is 9.69 Å². The lowest BCUT2D eigenvalue weighted by atomic mass is 10.0. The molecule has 4 amide bonds. The Balaban J connectivity index is 1.40. The number of carbonyl (C=O) groups excluding carboxylic acids is 5. The van der Waals surface area contributed by atoms with Gasteiger partial charge in [-0.1, -0.05) is 54.6 Å². The van der Waals surface area contributed by atoms with Crippen molar-refractivity contribution in [2.75, 3.05) is 6.73 Å². The Labute approximate surface area is 194 Å². The van der Waals surface area contributed by atoms with Gasteiger partial charge in [0.25, 0.3) is 23.6 Å². The molecule has 3 aromatic rings. The maximum Gasteiger partial charge on any atom is 0.331 e. The van der Waals surface area contributed by atoms with Crippen LogP contribution in [-0.4, -0.2) is 52.2 Å².